The fourth-order valence-corrected chi connectivity index (χ4v) is 3.40. The number of benzene rings is 1. The van der Waals surface area contributed by atoms with Crippen LogP contribution in [0.25, 0.3) is 0 Å². The zero-order chi connectivity index (χ0) is 18.5. The lowest BCUT2D eigenvalue weighted by molar-refractivity contribution is -0.119. The van der Waals surface area contributed by atoms with Gasteiger partial charge in [-0.2, -0.15) is 5.26 Å². The second-order valence-electron chi connectivity index (χ2n) is 7.31. The van der Waals surface area contributed by atoms with Gasteiger partial charge >= 0.3 is 0 Å². The Labute approximate surface area is 154 Å². The van der Waals surface area contributed by atoms with Gasteiger partial charge in [0.05, 0.1) is 0 Å². The number of Topliss-reactive ketones (excluding diaryl/α,β-unsaturated/α-hetero) is 1. The van der Waals surface area contributed by atoms with E-state index in [-0.39, 0.29) is 0 Å². The molecular formula is C21H24N4O. The van der Waals surface area contributed by atoms with Crippen molar-refractivity contribution in [1.29, 1.82) is 5.26 Å². The molecule has 0 aliphatic carbocycles. The summed E-state index contributed by atoms with van der Waals surface area (Å²) in [5.74, 6) is 1.94. The van der Waals surface area contributed by atoms with Crippen LogP contribution in [0.5, 0.6) is 0 Å². The molecule has 1 aliphatic heterocycles. The molecule has 134 valence electrons. The molecular weight excluding hydrogens is 324 g/mol. The number of hydrogen-bond acceptors (Lipinski definition) is 5. The van der Waals surface area contributed by atoms with Gasteiger partial charge in [0.25, 0.3) is 0 Å². The van der Waals surface area contributed by atoms with Crippen LogP contribution in [0.15, 0.2) is 36.4 Å². The van der Waals surface area contributed by atoms with Crippen LogP contribution in [0.1, 0.15) is 49.4 Å². The van der Waals surface area contributed by atoms with E-state index in [1.54, 1.807) is 6.07 Å². The summed E-state index contributed by atoms with van der Waals surface area (Å²) in [6.07, 6.45) is 2.09. The zero-order valence-corrected chi connectivity index (χ0v) is 15.4. The summed E-state index contributed by atoms with van der Waals surface area (Å²) in [6.45, 7) is 6.04. The molecule has 26 heavy (non-hydrogen) atoms. The molecule has 1 aliphatic rings. The summed E-state index contributed by atoms with van der Waals surface area (Å²) in [5.41, 5.74) is 2.71. The third-order valence-corrected chi connectivity index (χ3v) is 4.94. The number of aromatic nitrogens is 2. The molecule has 2 aromatic rings. The fraction of sp³-hybridized carbons (Fsp3) is 0.429. The molecule has 1 fully saturated rings. The molecule has 0 N–H and O–H groups in total. The highest BCUT2D eigenvalue weighted by molar-refractivity contribution is 5.81. The smallest absolute Gasteiger partial charge is 0.163 e. The molecule has 5 heteroatoms. The van der Waals surface area contributed by atoms with Gasteiger partial charge in [0, 0.05) is 25.9 Å². The topological polar surface area (TPSA) is 69.9 Å². The van der Waals surface area contributed by atoms with Crippen molar-refractivity contribution < 1.29 is 4.79 Å². The van der Waals surface area contributed by atoms with Crippen LogP contribution < -0.4 is 4.90 Å². The average Bonchev–Trinajstić information content (AvgIpc) is 3.10. The molecule has 3 rings (SSSR count). The number of carbonyl (C=O) groups is 1. The number of nitriles is 1. The highest BCUT2D eigenvalue weighted by atomic mass is 16.1. The van der Waals surface area contributed by atoms with Crippen molar-refractivity contribution in [3.05, 3.63) is 53.2 Å². The Hall–Kier alpha value is -2.74. The van der Waals surface area contributed by atoms with Gasteiger partial charge in [-0.05, 0) is 41.5 Å². The number of ketones is 1. The summed E-state index contributed by atoms with van der Waals surface area (Å²) >= 11 is 0. The maximum Gasteiger partial charge on any atom is 0.163 e. The maximum absolute atomic E-state index is 12.4. The van der Waals surface area contributed by atoms with Gasteiger partial charge in [0.1, 0.15) is 11.9 Å². The molecule has 1 saturated heterocycles. The van der Waals surface area contributed by atoms with Crippen molar-refractivity contribution in [3.63, 3.8) is 0 Å². The zero-order valence-electron chi connectivity index (χ0n) is 15.4. The molecule has 0 amide bonds. The summed E-state index contributed by atoms with van der Waals surface area (Å²) in [6, 6.07) is 13.9. The van der Waals surface area contributed by atoms with Crippen LogP contribution in [-0.4, -0.2) is 29.1 Å². The highest BCUT2D eigenvalue weighted by Crippen LogP contribution is 2.25. The van der Waals surface area contributed by atoms with E-state index in [1.165, 1.54) is 5.56 Å². The van der Waals surface area contributed by atoms with Gasteiger partial charge in [-0.1, -0.05) is 38.1 Å². The van der Waals surface area contributed by atoms with E-state index in [2.05, 4.69) is 53.2 Å². The highest BCUT2D eigenvalue weighted by Gasteiger charge is 2.25. The first-order valence-corrected chi connectivity index (χ1v) is 9.14. The minimum atomic E-state index is 0.292. The lowest BCUT2D eigenvalue weighted by Crippen LogP contribution is -2.22. The van der Waals surface area contributed by atoms with E-state index in [0.29, 0.717) is 36.2 Å². The first-order chi connectivity index (χ1) is 12.5. The predicted octanol–water partition coefficient (Wildman–Crippen LogP) is 3.50. The first kappa shape index (κ1) is 18.1. The quantitative estimate of drug-likeness (QED) is 0.799. The molecule has 5 nitrogen and oxygen atoms in total. The third-order valence-electron chi connectivity index (χ3n) is 4.94. The molecule has 0 unspecified atom stereocenters. The predicted molar refractivity (Wildman–Crippen MR) is 101 cm³/mol. The van der Waals surface area contributed by atoms with E-state index in [4.69, 9.17) is 5.26 Å². The molecule has 0 bridgehead atoms. The number of nitrogens with zero attached hydrogens (tertiary/aromatic N) is 4. The van der Waals surface area contributed by atoms with Crippen molar-refractivity contribution in [3.8, 4) is 6.07 Å². The van der Waals surface area contributed by atoms with E-state index in [1.807, 2.05) is 12.1 Å². The monoisotopic (exact) mass is 348 g/mol. The molecule has 1 aromatic heterocycles. The largest absolute Gasteiger partial charge is 0.355 e. The van der Waals surface area contributed by atoms with Crippen molar-refractivity contribution in [1.82, 2.24) is 10.2 Å². The number of anilines is 1. The van der Waals surface area contributed by atoms with Crippen LogP contribution in [0.2, 0.25) is 0 Å². The first-order valence-electron chi connectivity index (χ1n) is 9.14. The number of carbonyl (C=O) groups excluding carboxylic acids is 1. The Morgan fingerprint density at radius 1 is 1.23 bits per heavy atom. The normalized spacial score (nSPS) is 16.7. The van der Waals surface area contributed by atoms with Crippen molar-refractivity contribution >= 4 is 11.6 Å². The summed E-state index contributed by atoms with van der Waals surface area (Å²) < 4.78 is 0. The molecule has 2 heterocycles. The Bertz CT molecular complexity index is 790. The lowest BCUT2D eigenvalue weighted by atomic mass is 9.96. The van der Waals surface area contributed by atoms with E-state index in [9.17, 15) is 4.79 Å². The minimum Gasteiger partial charge on any atom is -0.355 e. The van der Waals surface area contributed by atoms with Crippen molar-refractivity contribution in [2.75, 3.05) is 18.0 Å². The summed E-state index contributed by atoms with van der Waals surface area (Å²) in [5, 5.41) is 16.8. The Balaban J connectivity index is 1.51. The van der Waals surface area contributed by atoms with E-state index >= 15 is 0 Å². The van der Waals surface area contributed by atoms with Gasteiger partial charge in [-0.15, -0.1) is 10.2 Å². The second kappa shape index (κ2) is 8.09. The molecule has 1 atom stereocenters. The molecule has 0 saturated carbocycles. The molecule has 0 spiro atoms. The van der Waals surface area contributed by atoms with Gasteiger partial charge in [-0.25, -0.2) is 0 Å². The number of hydrogen-bond donors (Lipinski definition) is 0. The molecule has 1 aromatic carbocycles. The minimum absolute atomic E-state index is 0.292. The Kier molecular flexibility index (Phi) is 5.62. The summed E-state index contributed by atoms with van der Waals surface area (Å²) in [7, 11) is 0. The maximum atomic E-state index is 12.4. The molecule has 0 radical (unpaired) electrons. The van der Waals surface area contributed by atoms with Gasteiger partial charge in [0.15, 0.2) is 11.5 Å². The van der Waals surface area contributed by atoms with Crippen LogP contribution in [-0.2, 0) is 11.2 Å². The van der Waals surface area contributed by atoms with E-state index < -0.39 is 0 Å². The van der Waals surface area contributed by atoms with Crippen LogP contribution in [0, 0.1) is 17.2 Å². The SMILES string of the molecule is CC(C)c1ccc(CC(=O)C[C@@H]2CCN(c3ccc(C#N)nn3)C2)cc1. The van der Waals surface area contributed by atoms with Gasteiger partial charge in [-0.3, -0.25) is 4.79 Å². The van der Waals surface area contributed by atoms with Crippen LogP contribution >= 0.6 is 0 Å². The van der Waals surface area contributed by atoms with Gasteiger partial charge < -0.3 is 4.90 Å². The van der Waals surface area contributed by atoms with Crippen molar-refractivity contribution in [2.24, 2.45) is 5.92 Å². The van der Waals surface area contributed by atoms with E-state index in [0.717, 1.165) is 30.9 Å². The third kappa shape index (κ3) is 4.45. The van der Waals surface area contributed by atoms with Crippen molar-refractivity contribution in [2.45, 2.75) is 39.0 Å². The summed E-state index contributed by atoms with van der Waals surface area (Å²) in [4.78, 5) is 14.6. The second-order valence-corrected chi connectivity index (χ2v) is 7.31. The number of rotatable bonds is 6. The Morgan fingerprint density at radius 3 is 2.62 bits per heavy atom. The van der Waals surface area contributed by atoms with Crippen LogP contribution in [0.3, 0.4) is 0 Å². The standard InChI is InChI=1S/C21H24N4O/c1-15(2)18-5-3-16(4-6-18)11-20(26)12-17-9-10-25(14-17)21-8-7-19(13-22)23-24-21/h3-8,15,17H,9-12,14H2,1-2H3/t17-/m0/s1. The van der Waals surface area contributed by atoms with Gasteiger partial charge in [0.2, 0.25) is 0 Å². The fourth-order valence-electron chi connectivity index (χ4n) is 3.40. The average molecular weight is 348 g/mol. The Morgan fingerprint density at radius 2 is 2.00 bits per heavy atom. The lowest BCUT2D eigenvalue weighted by Gasteiger charge is -2.16. The van der Waals surface area contributed by atoms with Crippen LogP contribution in [0.4, 0.5) is 5.82 Å².